The maximum Gasteiger partial charge on any atom is 0.225 e. The fraction of sp³-hybridized carbons (Fsp3) is 0.312. The highest BCUT2D eigenvalue weighted by molar-refractivity contribution is 6.03. The Hall–Kier alpha value is -2.03. The van der Waals surface area contributed by atoms with Gasteiger partial charge in [-0.2, -0.15) is 0 Å². The van der Waals surface area contributed by atoms with Gasteiger partial charge in [0.2, 0.25) is 5.91 Å². The molecule has 0 fully saturated rings. The number of nitrogens with one attached hydrogen (secondary N) is 2. The first-order valence-corrected chi connectivity index (χ1v) is 6.44. The molecule has 0 aliphatic rings. The first-order valence-electron chi connectivity index (χ1n) is 6.44. The summed E-state index contributed by atoms with van der Waals surface area (Å²) in [7, 11) is 0. The topological polar surface area (TPSA) is 44.9 Å². The molecule has 0 aliphatic heterocycles. The number of benzene rings is 1. The second kappa shape index (κ2) is 4.92. The second-order valence-electron chi connectivity index (χ2n) is 5.59. The molecule has 1 heterocycles. The van der Waals surface area contributed by atoms with E-state index in [1.165, 1.54) is 0 Å². The van der Waals surface area contributed by atoms with Gasteiger partial charge in [0.15, 0.2) is 0 Å². The van der Waals surface area contributed by atoms with Crippen LogP contribution in [0.5, 0.6) is 0 Å². The summed E-state index contributed by atoms with van der Waals surface area (Å²) in [6.07, 6.45) is 2.24. The van der Waals surface area contributed by atoms with Crippen LogP contribution in [0.25, 0.3) is 10.9 Å². The molecule has 0 bridgehead atoms. The van der Waals surface area contributed by atoms with Crippen LogP contribution < -0.4 is 5.32 Å². The lowest BCUT2D eigenvalue weighted by Gasteiger charge is -2.18. The van der Waals surface area contributed by atoms with Gasteiger partial charge in [-0.1, -0.05) is 38.1 Å². The normalized spacial score (nSPS) is 11.5. The molecule has 19 heavy (non-hydrogen) atoms. The fourth-order valence-electron chi connectivity index (χ4n) is 2.11. The van der Waals surface area contributed by atoms with Crippen LogP contribution in [-0.4, -0.2) is 10.9 Å². The number of allylic oxidation sites excluding steroid dienone is 1. The molecular weight excluding hydrogens is 236 g/mol. The Bertz CT molecular complexity index is 623. The Balaban J connectivity index is 2.24. The fourth-order valence-corrected chi connectivity index (χ4v) is 2.11. The van der Waals surface area contributed by atoms with E-state index in [2.05, 4.69) is 16.9 Å². The third-order valence-corrected chi connectivity index (χ3v) is 3.33. The number of H-pyrrole nitrogens is 1. The number of fused-ring (bicyclic) bond motifs is 1. The van der Waals surface area contributed by atoms with Gasteiger partial charge < -0.3 is 10.3 Å². The van der Waals surface area contributed by atoms with Crippen LogP contribution in [0, 0.1) is 12.3 Å². The van der Waals surface area contributed by atoms with E-state index >= 15 is 0 Å². The average molecular weight is 256 g/mol. The summed E-state index contributed by atoms with van der Waals surface area (Å²) in [4.78, 5) is 15.4. The van der Waals surface area contributed by atoms with Gasteiger partial charge in [-0.25, -0.2) is 0 Å². The summed E-state index contributed by atoms with van der Waals surface area (Å²) < 4.78 is 0. The first kappa shape index (κ1) is 13.4. The van der Waals surface area contributed by atoms with Gasteiger partial charge in [-0.3, -0.25) is 4.79 Å². The third-order valence-electron chi connectivity index (χ3n) is 3.33. The lowest BCUT2D eigenvalue weighted by atomic mass is 9.89. The number of amides is 1. The van der Waals surface area contributed by atoms with Gasteiger partial charge in [0, 0.05) is 23.0 Å². The predicted molar refractivity (Wildman–Crippen MR) is 80.3 cm³/mol. The Morgan fingerprint density at radius 3 is 2.79 bits per heavy atom. The van der Waals surface area contributed by atoms with Gasteiger partial charge in [0.1, 0.15) is 0 Å². The molecule has 100 valence electrons. The van der Waals surface area contributed by atoms with Crippen LogP contribution in [0.15, 0.2) is 36.9 Å². The highest BCUT2D eigenvalue weighted by atomic mass is 16.1. The van der Waals surface area contributed by atoms with Crippen molar-refractivity contribution in [3.8, 4) is 0 Å². The van der Waals surface area contributed by atoms with Crippen LogP contribution in [-0.2, 0) is 4.79 Å². The second-order valence-corrected chi connectivity index (χ2v) is 5.59. The number of aryl methyl sites for hydroxylation is 1. The number of rotatable bonds is 4. The zero-order valence-electron chi connectivity index (χ0n) is 11.7. The van der Waals surface area contributed by atoms with E-state index in [4.69, 9.17) is 0 Å². The summed E-state index contributed by atoms with van der Waals surface area (Å²) in [6, 6.07) is 7.96. The molecule has 2 aromatic rings. The number of carbonyl (C=O) groups excluding carboxylic acids is 1. The maximum atomic E-state index is 12.1. The van der Waals surface area contributed by atoms with Crippen LogP contribution in [0.3, 0.4) is 0 Å². The van der Waals surface area contributed by atoms with E-state index in [-0.39, 0.29) is 11.3 Å². The molecule has 0 aliphatic carbocycles. The molecule has 3 heteroatoms. The zero-order valence-corrected chi connectivity index (χ0v) is 11.7. The number of para-hydroxylation sites is 1. The van der Waals surface area contributed by atoms with Gasteiger partial charge >= 0.3 is 0 Å². The van der Waals surface area contributed by atoms with Crippen LogP contribution in [0.4, 0.5) is 5.69 Å². The summed E-state index contributed by atoms with van der Waals surface area (Å²) in [5, 5.41) is 4.05. The van der Waals surface area contributed by atoms with Crippen molar-refractivity contribution in [2.24, 2.45) is 5.41 Å². The largest absolute Gasteiger partial charge is 0.357 e. The minimum atomic E-state index is -0.190. The summed E-state index contributed by atoms with van der Waals surface area (Å²) in [5.74, 6) is 0.0118. The molecular formula is C16H20N2O. The third kappa shape index (κ3) is 2.87. The molecule has 0 unspecified atom stereocenters. The van der Waals surface area contributed by atoms with Crippen molar-refractivity contribution in [3.05, 3.63) is 42.6 Å². The minimum absolute atomic E-state index is 0.0118. The molecule has 2 rings (SSSR count). The van der Waals surface area contributed by atoms with Crippen molar-refractivity contribution in [1.82, 2.24) is 4.98 Å². The molecule has 1 amide bonds. The van der Waals surface area contributed by atoms with Crippen LogP contribution in [0.1, 0.15) is 26.0 Å². The number of aromatic nitrogens is 1. The highest BCUT2D eigenvalue weighted by Crippen LogP contribution is 2.28. The lowest BCUT2D eigenvalue weighted by molar-refractivity contribution is -0.117. The average Bonchev–Trinajstić information content (AvgIpc) is 2.66. The number of anilines is 1. The Kier molecular flexibility index (Phi) is 3.47. The lowest BCUT2D eigenvalue weighted by Crippen LogP contribution is -2.20. The standard InChI is InChI=1S/C16H20N2O/c1-5-16(3,4)10-14(19)18-15-11(2)17-13-9-7-6-8-12(13)15/h5-9,17H,1,10H2,2-4H3,(H,18,19). The minimum Gasteiger partial charge on any atom is -0.357 e. The van der Waals surface area contributed by atoms with E-state index in [0.717, 1.165) is 22.3 Å². The SMILES string of the molecule is C=CC(C)(C)CC(=O)Nc1c(C)[nH]c2ccccc12. The Morgan fingerprint density at radius 1 is 1.42 bits per heavy atom. The number of hydrogen-bond acceptors (Lipinski definition) is 1. The van der Waals surface area contributed by atoms with Crippen molar-refractivity contribution >= 4 is 22.5 Å². The van der Waals surface area contributed by atoms with Gasteiger partial charge in [0.05, 0.1) is 5.69 Å². The van der Waals surface area contributed by atoms with Crippen molar-refractivity contribution in [3.63, 3.8) is 0 Å². The molecule has 1 aromatic carbocycles. The molecule has 1 aromatic heterocycles. The van der Waals surface area contributed by atoms with Gasteiger partial charge in [-0.05, 0) is 18.4 Å². The van der Waals surface area contributed by atoms with E-state index < -0.39 is 0 Å². The molecule has 0 radical (unpaired) electrons. The predicted octanol–water partition coefficient (Wildman–Crippen LogP) is 4.02. The highest BCUT2D eigenvalue weighted by Gasteiger charge is 2.19. The monoisotopic (exact) mass is 256 g/mol. The number of aromatic amines is 1. The van der Waals surface area contributed by atoms with Crippen molar-refractivity contribution < 1.29 is 4.79 Å². The van der Waals surface area contributed by atoms with Crippen molar-refractivity contribution in [1.29, 1.82) is 0 Å². The molecule has 0 saturated carbocycles. The van der Waals surface area contributed by atoms with E-state index in [1.54, 1.807) is 0 Å². The van der Waals surface area contributed by atoms with E-state index in [9.17, 15) is 4.79 Å². The van der Waals surface area contributed by atoms with Crippen LogP contribution in [0.2, 0.25) is 0 Å². The van der Waals surface area contributed by atoms with Crippen molar-refractivity contribution in [2.45, 2.75) is 27.2 Å². The maximum absolute atomic E-state index is 12.1. The Labute approximate surface area is 113 Å². The molecule has 0 atom stereocenters. The molecule has 2 N–H and O–H groups in total. The Morgan fingerprint density at radius 2 is 2.11 bits per heavy atom. The van der Waals surface area contributed by atoms with Gasteiger partial charge in [0.25, 0.3) is 0 Å². The summed E-state index contributed by atoms with van der Waals surface area (Å²) in [5.41, 5.74) is 2.70. The van der Waals surface area contributed by atoms with Gasteiger partial charge in [-0.15, -0.1) is 6.58 Å². The van der Waals surface area contributed by atoms with E-state index in [1.807, 2.05) is 51.1 Å². The zero-order chi connectivity index (χ0) is 14.0. The smallest absolute Gasteiger partial charge is 0.225 e. The molecule has 3 nitrogen and oxygen atoms in total. The van der Waals surface area contributed by atoms with Crippen molar-refractivity contribution in [2.75, 3.05) is 5.32 Å². The summed E-state index contributed by atoms with van der Waals surface area (Å²) in [6.45, 7) is 9.73. The van der Waals surface area contributed by atoms with Crippen LogP contribution >= 0.6 is 0 Å². The molecule has 0 spiro atoms. The first-order chi connectivity index (χ1) is 8.93. The quantitative estimate of drug-likeness (QED) is 0.797. The molecule has 0 saturated heterocycles. The number of carbonyl (C=O) groups is 1. The summed E-state index contributed by atoms with van der Waals surface area (Å²) >= 11 is 0. The number of hydrogen-bond donors (Lipinski definition) is 2. The van der Waals surface area contributed by atoms with E-state index in [0.29, 0.717) is 6.42 Å².